The van der Waals surface area contributed by atoms with Crippen LogP contribution in [-0.4, -0.2) is 14.5 Å². The standard InChI is InChI=1S/C53H35N3/c1-3-14-35(15-4-1)36-28-30-37(31-29-36)51-47-34-42-21-13-25-44(50(42)52(47)55-53(54-51)38-16-5-2-6-17-38)41-20-11-18-39(32-41)40-19-12-22-43(33-40)56-48-26-9-7-23-45(48)46-24-8-10-27-49(46)56/h1-33H,34H2. The van der Waals surface area contributed by atoms with Crippen molar-refractivity contribution in [2.75, 3.05) is 0 Å². The fraction of sp³-hybridized carbons (Fsp3) is 0.0189. The van der Waals surface area contributed by atoms with Gasteiger partial charge in [0.1, 0.15) is 0 Å². The summed E-state index contributed by atoms with van der Waals surface area (Å²) in [6, 6.07) is 71.7. The second-order valence-electron chi connectivity index (χ2n) is 14.5. The molecule has 0 saturated heterocycles. The number of aromatic nitrogens is 3. The molecule has 56 heavy (non-hydrogen) atoms. The maximum absolute atomic E-state index is 5.36. The summed E-state index contributed by atoms with van der Waals surface area (Å²) in [4.78, 5) is 10.6. The first-order valence-corrected chi connectivity index (χ1v) is 19.2. The number of para-hydroxylation sites is 2. The maximum atomic E-state index is 5.36. The zero-order valence-corrected chi connectivity index (χ0v) is 30.6. The largest absolute Gasteiger partial charge is 0.309 e. The van der Waals surface area contributed by atoms with E-state index in [4.69, 9.17) is 9.97 Å². The molecule has 262 valence electrons. The van der Waals surface area contributed by atoms with E-state index in [1.54, 1.807) is 0 Å². The van der Waals surface area contributed by atoms with E-state index in [-0.39, 0.29) is 0 Å². The highest BCUT2D eigenvalue weighted by Crippen LogP contribution is 2.46. The molecular weight excluding hydrogens is 679 g/mol. The minimum atomic E-state index is 0.741. The molecule has 0 N–H and O–H groups in total. The van der Waals surface area contributed by atoms with Gasteiger partial charge in [0.25, 0.3) is 0 Å². The highest BCUT2D eigenvalue weighted by Gasteiger charge is 2.28. The molecule has 8 aromatic carbocycles. The third-order valence-corrected chi connectivity index (χ3v) is 11.3. The molecule has 0 saturated carbocycles. The van der Waals surface area contributed by atoms with Crippen LogP contribution in [0.3, 0.4) is 0 Å². The molecule has 3 heteroatoms. The number of nitrogens with zero attached hydrogens (tertiary/aromatic N) is 3. The first-order valence-electron chi connectivity index (χ1n) is 19.2. The molecule has 0 bridgehead atoms. The lowest BCUT2D eigenvalue weighted by Crippen LogP contribution is -1.99. The first-order chi connectivity index (χ1) is 27.8. The molecule has 0 amide bonds. The first kappa shape index (κ1) is 32.1. The fourth-order valence-corrected chi connectivity index (χ4v) is 8.61. The Hall–Kier alpha value is -7.36. The minimum Gasteiger partial charge on any atom is -0.309 e. The van der Waals surface area contributed by atoms with Crippen molar-refractivity contribution in [3.05, 3.63) is 211 Å². The van der Waals surface area contributed by atoms with Gasteiger partial charge in [0.15, 0.2) is 5.82 Å². The Morgan fingerprint density at radius 2 is 0.911 bits per heavy atom. The fourth-order valence-electron chi connectivity index (χ4n) is 8.61. The number of hydrogen-bond donors (Lipinski definition) is 0. The van der Waals surface area contributed by atoms with Crippen LogP contribution < -0.4 is 0 Å². The topological polar surface area (TPSA) is 30.7 Å². The van der Waals surface area contributed by atoms with Crippen molar-refractivity contribution in [3.63, 3.8) is 0 Å². The van der Waals surface area contributed by atoms with Crippen molar-refractivity contribution in [1.29, 1.82) is 0 Å². The molecule has 0 radical (unpaired) electrons. The average molecular weight is 714 g/mol. The molecular formula is C53H35N3. The van der Waals surface area contributed by atoms with Crippen LogP contribution in [0.2, 0.25) is 0 Å². The number of fused-ring (bicyclic) bond motifs is 6. The Morgan fingerprint density at radius 1 is 0.375 bits per heavy atom. The van der Waals surface area contributed by atoms with Gasteiger partial charge >= 0.3 is 0 Å². The molecule has 2 aromatic heterocycles. The molecule has 1 aliphatic rings. The molecule has 11 rings (SSSR count). The summed E-state index contributed by atoms with van der Waals surface area (Å²) in [5, 5.41) is 2.53. The molecule has 10 aromatic rings. The van der Waals surface area contributed by atoms with Gasteiger partial charge in [-0.15, -0.1) is 0 Å². The van der Waals surface area contributed by atoms with Gasteiger partial charge < -0.3 is 4.57 Å². The number of benzene rings is 8. The van der Waals surface area contributed by atoms with Gasteiger partial charge in [-0.25, -0.2) is 9.97 Å². The van der Waals surface area contributed by atoms with Crippen molar-refractivity contribution >= 4 is 21.8 Å². The van der Waals surface area contributed by atoms with E-state index in [1.807, 2.05) is 6.07 Å². The molecule has 0 aliphatic heterocycles. The molecule has 3 nitrogen and oxygen atoms in total. The lowest BCUT2D eigenvalue weighted by molar-refractivity contribution is 1.13. The van der Waals surface area contributed by atoms with Gasteiger partial charge in [0.05, 0.1) is 22.4 Å². The number of hydrogen-bond acceptors (Lipinski definition) is 2. The van der Waals surface area contributed by atoms with Gasteiger partial charge in [0.2, 0.25) is 0 Å². The Labute approximate surface area is 325 Å². The molecule has 0 unspecified atom stereocenters. The monoisotopic (exact) mass is 713 g/mol. The molecule has 0 fully saturated rings. The van der Waals surface area contributed by atoms with Gasteiger partial charge in [-0.2, -0.15) is 0 Å². The van der Waals surface area contributed by atoms with E-state index in [0.717, 1.165) is 40.4 Å². The summed E-state index contributed by atoms with van der Waals surface area (Å²) in [7, 11) is 0. The SMILES string of the molecule is c1ccc(-c2ccc(-c3nc(-c4ccccc4)nc4c3Cc3cccc(-c5cccc(-c6cccc(-n7c8ccccc8c8ccccc87)c6)c5)c3-4)cc2)cc1. The predicted molar refractivity (Wildman–Crippen MR) is 232 cm³/mol. The van der Waals surface area contributed by atoms with Crippen molar-refractivity contribution in [1.82, 2.24) is 14.5 Å². The van der Waals surface area contributed by atoms with E-state index in [0.29, 0.717) is 0 Å². The van der Waals surface area contributed by atoms with Crippen molar-refractivity contribution in [3.8, 4) is 73.0 Å². The summed E-state index contributed by atoms with van der Waals surface area (Å²) in [6.45, 7) is 0. The van der Waals surface area contributed by atoms with E-state index in [9.17, 15) is 0 Å². The van der Waals surface area contributed by atoms with Gasteiger partial charge in [-0.3, -0.25) is 0 Å². The second kappa shape index (κ2) is 13.2. The lowest BCUT2D eigenvalue weighted by atomic mass is 9.93. The van der Waals surface area contributed by atoms with E-state index in [1.165, 1.54) is 71.9 Å². The smallest absolute Gasteiger partial charge is 0.160 e. The van der Waals surface area contributed by atoms with Crippen molar-refractivity contribution in [2.24, 2.45) is 0 Å². The lowest BCUT2D eigenvalue weighted by Gasteiger charge is -2.14. The predicted octanol–water partition coefficient (Wildman–Crippen LogP) is 13.5. The summed E-state index contributed by atoms with van der Waals surface area (Å²) >= 11 is 0. The van der Waals surface area contributed by atoms with Crippen LogP contribution in [0.4, 0.5) is 0 Å². The number of rotatable bonds is 6. The summed E-state index contributed by atoms with van der Waals surface area (Å²) in [6.07, 6.45) is 0.782. The zero-order valence-electron chi connectivity index (χ0n) is 30.6. The highest BCUT2D eigenvalue weighted by molar-refractivity contribution is 6.09. The van der Waals surface area contributed by atoms with Crippen LogP contribution in [0.5, 0.6) is 0 Å². The van der Waals surface area contributed by atoms with Crippen LogP contribution >= 0.6 is 0 Å². The highest BCUT2D eigenvalue weighted by atomic mass is 15.0. The van der Waals surface area contributed by atoms with E-state index in [2.05, 4.69) is 199 Å². The van der Waals surface area contributed by atoms with E-state index >= 15 is 0 Å². The summed E-state index contributed by atoms with van der Waals surface area (Å²) < 4.78 is 2.38. The quantitative estimate of drug-likeness (QED) is 0.172. The van der Waals surface area contributed by atoms with Gasteiger partial charge in [-0.1, -0.05) is 170 Å². The Balaban J connectivity index is 1.03. The molecule has 2 heterocycles. The zero-order chi connectivity index (χ0) is 37.0. The molecule has 0 atom stereocenters. The van der Waals surface area contributed by atoms with E-state index < -0.39 is 0 Å². The second-order valence-corrected chi connectivity index (χ2v) is 14.5. The maximum Gasteiger partial charge on any atom is 0.160 e. The van der Waals surface area contributed by atoms with Crippen LogP contribution in [-0.2, 0) is 6.42 Å². The van der Waals surface area contributed by atoms with Crippen molar-refractivity contribution in [2.45, 2.75) is 6.42 Å². The summed E-state index contributed by atoms with van der Waals surface area (Å²) in [5.74, 6) is 0.741. The van der Waals surface area contributed by atoms with Gasteiger partial charge in [-0.05, 0) is 69.3 Å². The third-order valence-electron chi connectivity index (χ3n) is 11.3. The average Bonchev–Trinajstić information content (AvgIpc) is 3.83. The molecule has 1 aliphatic carbocycles. The van der Waals surface area contributed by atoms with Crippen LogP contribution in [0.1, 0.15) is 11.1 Å². The third kappa shape index (κ3) is 5.36. The van der Waals surface area contributed by atoms with Crippen LogP contribution in [0, 0.1) is 0 Å². The normalized spacial score (nSPS) is 11.9. The van der Waals surface area contributed by atoms with Crippen LogP contribution in [0.15, 0.2) is 200 Å². The minimum absolute atomic E-state index is 0.741. The van der Waals surface area contributed by atoms with Gasteiger partial charge in [0, 0.05) is 45.1 Å². The summed E-state index contributed by atoms with van der Waals surface area (Å²) in [5.41, 5.74) is 18.4. The Kier molecular flexibility index (Phi) is 7.56. The van der Waals surface area contributed by atoms with Crippen LogP contribution in [0.25, 0.3) is 94.8 Å². The Morgan fingerprint density at radius 3 is 1.64 bits per heavy atom. The Bertz CT molecular complexity index is 3030. The molecule has 0 spiro atoms. The van der Waals surface area contributed by atoms with Crippen molar-refractivity contribution < 1.29 is 0 Å².